The van der Waals surface area contributed by atoms with Crippen LogP contribution in [-0.4, -0.2) is 39.6 Å². The Kier molecular flexibility index (Phi) is 5.15. The zero-order valence-corrected chi connectivity index (χ0v) is 13.1. The van der Waals surface area contributed by atoms with Crippen molar-refractivity contribution in [2.75, 3.05) is 19.0 Å². The SMILES string of the molecule is CCCc1nnsc1C(=O)NCc1ccnc(N(C)C)n1. The summed E-state index contributed by atoms with van der Waals surface area (Å²) in [6.45, 7) is 2.40. The lowest BCUT2D eigenvalue weighted by Crippen LogP contribution is -2.24. The molecular weight excluding hydrogens is 288 g/mol. The summed E-state index contributed by atoms with van der Waals surface area (Å²) >= 11 is 1.13. The Morgan fingerprint density at radius 3 is 2.95 bits per heavy atom. The Morgan fingerprint density at radius 2 is 2.24 bits per heavy atom. The molecule has 21 heavy (non-hydrogen) atoms. The first kappa shape index (κ1) is 15.3. The van der Waals surface area contributed by atoms with Gasteiger partial charge < -0.3 is 10.2 Å². The number of nitrogens with zero attached hydrogens (tertiary/aromatic N) is 5. The lowest BCUT2D eigenvalue weighted by atomic mass is 10.2. The van der Waals surface area contributed by atoms with Gasteiger partial charge in [-0.3, -0.25) is 4.79 Å². The highest BCUT2D eigenvalue weighted by Crippen LogP contribution is 2.12. The van der Waals surface area contributed by atoms with Crippen LogP contribution in [0.25, 0.3) is 0 Å². The number of amides is 1. The molecule has 2 rings (SSSR count). The summed E-state index contributed by atoms with van der Waals surface area (Å²) in [7, 11) is 3.75. The van der Waals surface area contributed by atoms with Crippen molar-refractivity contribution in [2.24, 2.45) is 0 Å². The van der Waals surface area contributed by atoms with Crippen LogP contribution in [0.5, 0.6) is 0 Å². The van der Waals surface area contributed by atoms with Crippen LogP contribution in [0.4, 0.5) is 5.95 Å². The minimum Gasteiger partial charge on any atom is -0.347 e. The van der Waals surface area contributed by atoms with Gasteiger partial charge in [-0.1, -0.05) is 17.8 Å². The molecule has 2 aromatic rings. The molecular formula is C13H18N6OS. The summed E-state index contributed by atoms with van der Waals surface area (Å²) < 4.78 is 3.85. The Balaban J connectivity index is 2.00. The molecule has 0 fully saturated rings. The second-order valence-corrected chi connectivity index (χ2v) is 5.48. The molecule has 2 aromatic heterocycles. The van der Waals surface area contributed by atoms with Crippen molar-refractivity contribution in [2.45, 2.75) is 26.3 Å². The van der Waals surface area contributed by atoms with Gasteiger partial charge in [0.1, 0.15) is 4.88 Å². The highest BCUT2D eigenvalue weighted by Gasteiger charge is 2.15. The second kappa shape index (κ2) is 7.07. The van der Waals surface area contributed by atoms with E-state index in [0.29, 0.717) is 17.4 Å². The predicted octanol–water partition coefficient (Wildman–Crippen LogP) is 1.28. The van der Waals surface area contributed by atoms with Crippen molar-refractivity contribution in [1.29, 1.82) is 0 Å². The van der Waals surface area contributed by atoms with Gasteiger partial charge in [0, 0.05) is 20.3 Å². The molecule has 0 atom stereocenters. The monoisotopic (exact) mass is 306 g/mol. The summed E-state index contributed by atoms with van der Waals surface area (Å²) in [5, 5.41) is 6.84. The van der Waals surface area contributed by atoms with Crippen LogP contribution in [0.15, 0.2) is 12.3 Å². The van der Waals surface area contributed by atoms with Crippen LogP contribution in [0.1, 0.15) is 34.4 Å². The third kappa shape index (κ3) is 3.94. The first-order chi connectivity index (χ1) is 10.1. The molecule has 1 N–H and O–H groups in total. The molecule has 0 aliphatic rings. The summed E-state index contributed by atoms with van der Waals surface area (Å²) in [6.07, 6.45) is 3.38. The van der Waals surface area contributed by atoms with Crippen molar-refractivity contribution in [3.63, 3.8) is 0 Å². The molecule has 8 heteroatoms. The number of carbonyl (C=O) groups is 1. The first-order valence-corrected chi connectivity index (χ1v) is 7.47. The van der Waals surface area contributed by atoms with Crippen LogP contribution in [0.2, 0.25) is 0 Å². The fourth-order valence-corrected chi connectivity index (χ4v) is 2.36. The van der Waals surface area contributed by atoms with E-state index in [1.165, 1.54) is 0 Å². The van der Waals surface area contributed by atoms with Gasteiger partial charge >= 0.3 is 0 Å². The smallest absolute Gasteiger partial charge is 0.265 e. The van der Waals surface area contributed by atoms with Crippen LogP contribution in [0, 0.1) is 0 Å². The normalized spacial score (nSPS) is 10.4. The fraction of sp³-hybridized carbons (Fsp3) is 0.462. The Bertz CT molecular complexity index is 612. The molecule has 112 valence electrons. The van der Waals surface area contributed by atoms with Gasteiger partial charge in [0.25, 0.3) is 5.91 Å². The van der Waals surface area contributed by atoms with E-state index in [1.54, 1.807) is 12.3 Å². The number of hydrogen-bond acceptors (Lipinski definition) is 7. The van der Waals surface area contributed by atoms with E-state index < -0.39 is 0 Å². The summed E-state index contributed by atoms with van der Waals surface area (Å²) in [5.41, 5.74) is 1.52. The molecule has 2 heterocycles. The first-order valence-electron chi connectivity index (χ1n) is 6.70. The summed E-state index contributed by atoms with van der Waals surface area (Å²) in [4.78, 5) is 23.1. The summed E-state index contributed by atoms with van der Waals surface area (Å²) in [5.74, 6) is 0.464. The van der Waals surface area contributed by atoms with E-state index in [-0.39, 0.29) is 5.91 Å². The average molecular weight is 306 g/mol. The van der Waals surface area contributed by atoms with Crippen molar-refractivity contribution < 1.29 is 4.79 Å². The van der Waals surface area contributed by atoms with Crippen molar-refractivity contribution in [1.82, 2.24) is 24.9 Å². The lowest BCUT2D eigenvalue weighted by Gasteiger charge is -2.11. The maximum Gasteiger partial charge on any atom is 0.265 e. The molecule has 0 aromatic carbocycles. The van der Waals surface area contributed by atoms with Gasteiger partial charge in [0.05, 0.1) is 17.9 Å². The van der Waals surface area contributed by atoms with Crippen LogP contribution in [0.3, 0.4) is 0 Å². The van der Waals surface area contributed by atoms with Gasteiger partial charge in [-0.15, -0.1) is 5.10 Å². The molecule has 1 amide bonds. The van der Waals surface area contributed by atoms with Crippen molar-refractivity contribution in [3.05, 3.63) is 28.5 Å². The molecule has 0 aliphatic heterocycles. The Hall–Kier alpha value is -2.09. The molecule has 0 saturated heterocycles. The largest absolute Gasteiger partial charge is 0.347 e. The topological polar surface area (TPSA) is 83.9 Å². The molecule has 0 spiro atoms. The van der Waals surface area contributed by atoms with Gasteiger partial charge in [-0.2, -0.15) is 0 Å². The van der Waals surface area contributed by atoms with Gasteiger partial charge in [-0.25, -0.2) is 9.97 Å². The molecule has 7 nitrogen and oxygen atoms in total. The average Bonchev–Trinajstić information content (AvgIpc) is 2.94. The maximum absolute atomic E-state index is 12.2. The Labute approximate surface area is 127 Å². The number of nitrogens with one attached hydrogen (secondary N) is 1. The second-order valence-electron chi connectivity index (χ2n) is 4.72. The van der Waals surface area contributed by atoms with E-state index in [2.05, 4.69) is 24.9 Å². The van der Waals surface area contributed by atoms with Crippen LogP contribution < -0.4 is 10.2 Å². The highest BCUT2D eigenvalue weighted by molar-refractivity contribution is 7.08. The van der Waals surface area contributed by atoms with Gasteiger partial charge in [0.2, 0.25) is 5.95 Å². The summed E-state index contributed by atoms with van der Waals surface area (Å²) in [6, 6.07) is 1.78. The molecule has 0 aliphatic carbocycles. The van der Waals surface area contributed by atoms with E-state index in [1.807, 2.05) is 25.9 Å². The molecule has 0 unspecified atom stereocenters. The third-order valence-corrected chi connectivity index (χ3v) is 3.55. The number of carbonyl (C=O) groups excluding carboxylic acids is 1. The van der Waals surface area contributed by atoms with Crippen molar-refractivity contribution in [3.8, 4) is 0 Å². The standard InChI is InChI=1S/C13H18N6OS/c1-4-5-10-11(21-18-17-10)12(20)15-8-9-6-7-14-13(16-9)19(2)3/h6-7H,4-5,8H2,1-3H3,(H,15,20). The van der Waals surface area contributed by atoms with Gasteiger partial charge in [0.15, 0.2) is 0 Å². The zero-order valence-electron chi connectivity index (χ0n) is 12.3. The van der Waals surface area contributed by atoms with E-state index in [0.717, 1.165) is 35.8 Å². The molecule has 0 saturated carbocycles. The quantitative estimate of drug-likeness (QED) is 0.865. The Morgan fingerprint density at radius 1 is 1.43 bits per heavy atom. The van der Waals surface area contributed by atoms with E-state index in [4.69, 9.17) is 0 Å². The molecule has 0 bridgehead atoms. The maximum atomic E-state index is 12.2. The predicted molar refractivity (Wildman–Crippen MR) is 81.4 cm³/mol. The van der Waals surface area contributed by atoms with E-state index >= 15 is 0 Å². The number of aromatic nitrogens is 4. The number of aryl methyl sites for hydroxylation is 1. The third-order valence-electron chi connectivity index (χ3n) is 2.78. The lowest BCUT2D eigenvalue weighted by molar-refractivity contribution is 0.0953. The minimum atomic E-state index is -0.154. The number of rotatable bonds is 6. The molecule has 0 radical (unpaired) electrons. The highest BCUT2D eigenvalue weighted by atomic mass is 32.1. The number of hydrogen-bond donors (Lipinski definition) is 1. The van der Waals surface area contributed by atoms with Crippen LogP contribution in [-0.2, 0) is 13.0 Å². The minimum absolute atomic E-state index is 0.154. The van der Waals surface area contributed by atoms with Crippen LogP contribution >= 0.6 is 11.5 Å². The fourth-order valence-electron chi connectivity index (χ4n) is 1.73. The van der Waals surface area contributed by atoms with E-state index in [9.17, 15) is 4.79 Å². The zero-order chi connectivity index (χ0) is 15.2. The van der Waals surface area contributed by atoms with Gasteiger partial charge in [-0.05, 0) is 24.0 Å². The van der Waals surface area contributed by atoms with Crippen molar-refractivity contribution >= 4 is 23.4 Å². The number of anilines is 1.